The van der Waals surface area contributed by atoms with E-state index in [1.165, 1.54) is 104 Å². The van der Waals surface area contributed by atoms with Crippen molar-refractivity contribution in [3.05, 3.63) is 243 Å². The van der Waals surface area contributed by atoms with Crippen LogP contribution in [0.4, 0.5) is 34.1 Å². The fraction of sp³-hybridized carbons (Fsp3) is 0.192. The summed E-state index contributed by atoms with van der Waals surface area (Å²) in [6, 6.07) is 84.5. The summed E-state index contributed by atoms with van der Waals surface area (Å²) in [4.78, 5) is 4.86. The molecular formula is C78H72N2O2Os-2. The molecule has 0 heterocycles. The van der Waals surface area contributed by atoms with Crippen molar-refractivity contribution in [1.82, 2.24) is 0 Å². The first-order valence-electron chi connectivity index (χ1n) is 29.2. The molecule has 0 N–H and O–H groups in total. The van der Waals surface area contributed by atoms with E-state index in [2.05, 4.69) is 291 Å². The molecule has 0 saturated carbocycles. The van der Waals surface area contributed by atoms with Gasteiger partial charge in [-0.05, 0) is 172 Å². The van der Waals surface area contributed by atoms with Gasteiger partial charge in [-0.15, -0.1) is 12.1 Å². The maximum atomic E-state index is 8.28. The molecular weight excluding hydrogens is 1190 g/mol. The van der Waals surface area contributed by atoms with Gasteiger partial charge in [0.05, 0.1) is 17.5 Å². The van der Waals surface area contributed by atoms with Crippen molar-refractivity contribution in [2.75, 3.05) is 9.80 Å². The van der Waals surface area contributed by atoms with Crippen LogP contribution < -0.4 is 14.5 Å². The van der Waals surface area contributed by atoms with Gasteiger partial charge in [-0.3, -0.25) is 0 Å². The van der Waals surface area contributed by atoms with Gasteiger partial charge in [-0.25, -0.2) is 0 Å². The van der Waals surface area contributed by atoms with Gasteiger partial charge in [0.25, 0.3) is 0 Å². The Kier molecular flexibility index (Phi) is 16.1. The van der Waals surface area contributed by atoms with Gasteiger partial charge in [0.15, 0.2) is 0 Å². The van der Waals surface area contributed by atoms with Gasteiger partial charge >= 0.3 is 22.1 Å². The standard InChI is InChI=1S/C74H63N2O.C4H9.O.Os/c1-9-47(2)77-56-41-39-55(40-42-56)76(54-37-33-51(34-38-54)74(6,7)8)64-46-44-62-68-58(64)28-20-30-60(68)70-66(49-23-15-11-16-24-49)71-61-43-45-63(75(52-25-17-12-18-26-52)53-35-31-50(32-36-53)73(3,4)5)57-27-19-29-59(67(57)61)69(71)65(72(62)70)48-21-13-10-14-22-48;1-3-4-2;;/h10-11,13-47H,9H2,1-8H3;1,3-4H2,2H3;;/q2*-1;;. The number of hydrogen-bond donors (Lipinski definition) is 0. The van der Waals surface area contributed by atoms with E-state index in [1.54, 1.807) is 0 Å². The molecule has 13 aromatic carbocycles. The van der Waals surface area contributed by atoms with Crippen LogP contribution in [-0.2, 0) is 32.9 Å². The number of fused-ring (bicyclic) bond motifs is 6. The molecule has 0 amide bonds. The summed E-state index contributed by atoms with van der Waals surface area (Å²) in [6.45, 7) is 23.7. The number of nitrogens with zero attached hydrogens (tertiary/aromatic N) is 2. The third-order valence-corrected chi connectivity index (χ3v) is 16.5. The van der Waals surface area contributed by atoms with Crippen LogP contribution in [0.3, 0.4) is 0 Å². The monoisotopic (exact) mass is 1260 g/mol. The van der Waals surface area contributed by atoms with Crippen LogP contribution in [0.25, 0.3) is 86.9 Å². The first-order valence-corrected chi connectivity index (χ1v) is 30.3. The fourth-order valence-corrected chi connectivity index (χ4v) is 12.2. The quantitative estimate of drug-likeness (QED) is 0.114. The van der Waals surface area contributed by atoms with Crippen LogP contribution >= 0.6 is 0 Å². The van der Waals surface area contributed by atoms with Crippen molar-refractivity contribution >= 4 is 98.8 Å². The molecule has 13 aromatic rings. The Hall–Kier alpha value is -8.22. The van der Waals surface area contributed by atoms with Crippen LogP contribution in [0, 0.1) is 13.0 Å². The topological polar surface area (TPSA) is 32.8 Å². The Morgan fingerprint density at radius 1 is 0.434 bits per heavy atom. The van der Waals surface area contributed by atoms with E-state index >= 15 is 0 Å². The second kappa shape index (κ2) is 23.6. The van der Waals surface area contributed by atoms with Crippen LogP contribution in [0.2, 0.25) is 0 Å². The molecule has 83 heavy (non-hydrogen) atoms. The van der Waals surface area contributed by atoms with Crippen LogP contribution in [-0.4, -0.2) is 6.10 Å². The molecule has 0 bridgehead atoms. The molecule has 0 aliphatic carbocycles. The summed E-state index contributed by atoms with van der Waals surface area (Å²) in [5.41, 5.74) is 14.3. The summed E-state index contributed by atoms with van der Waals surface area (Å²) in [6.07, 6.45) is 3.36. The Morgan fingerprint density at radius 3 is 1.14 bits per heavy atom. The van der Waals surface area contributed by atoms with Crippen molar-refractivity contribution in [2.24, 2.45) is 0 Å². The first-order chi connectivity index (χ1) is 40.3. The zero-order chi connectivity index (χ0) is 58.2. The Bertz CT molecular complexity index is 4240. The minimum atomic E-state index is 0.0218. The minimum absolute atomic E-state index is 0.0218. The fourth-order valence-electron chi connectivity index (χ4n) is 12.2. The first kappa shape index (κ1) is 56.6. The zero-order valence-electron chi connectivity index (χ0n) is 49.3. The third-order valence-electron chi connectivity index (χ3n) is 16.5. The van der Waals surface area contributed by atoms with E-state index < -0.39 is 0 Å². The van der Waals surface area contributed by atoms with E-state index in [-0.39, 0.29) is 16.9 Å². The van der Waals surface area contributed by atoms with Gasteiger partial charge < -0.3 is 21.5 Å². The summed E-state index contributed by atoms with van der Waals surface area (Å²) in [5.74, 6) is 0.878. The van der Waals surface area contributed by atoms with Crippen LogP contribution in [0.5, 0.6) is 5.75 Å². The number of anilines is 6. The number of ether oxygens (including phenoxy) is 1. The second-order valence-electron chi connectivity index (χ2n) is 23.9. The van der Waals surface area contributed by atoms with Gasteiger partial charge in [0.2, 0.25) is 0 Å². The van der Waals surface area contributed by atoms with E-state index in [0.29, 0.717) is 18.6 Å². The molecule has 0 fully saturated rings. The van der Waals surface area contributed by atoms with Gasteiger partial charge in [-0.1, -0.05) is 201 Å². The van der Waals surface area contributed by atoms with E-state index in [4.69, 9.17) is 8.28 Å². The van der Waals surface area contributed by atoms with Crippen molar-refractivity contribution in [1.29, 1.82) is 0 Å². The second-order valence-corrected chi connectivity index (χ2v) is 23.9. The summed E-state index contributed by atoms with van der Waals surface area (Å²) >= 11 is 0.611. The molecule has 416 valence electrons. The summed E-state index contributed by atoms with van der Waals surface area (Å²) < 4.78 is 14.6. The molecule has 13 rings (SSSR count). The Balaban J connectivity index is 0.00000115. The molecule has 0 saturated heterocycles. The molecule has 4 nitrogen and oxygen atoms in total. The molecule has 0 aliphatic rings. The molecule has 1 unspecified atom stereocenters. The molecule has 1 atom stereocenters. The predicted octanol–water partition coefficient (Wildman–Crippen LogP) is 22.8. The maximum absolute atomic E-state index is 8.28. The number of rotatable bonds is 12. The summed E-state index contributed by atoms with van der Waals surface area (Å²) in [5, 5.41) is 15.1. The Labute approximate surface area is 501 Å². The molecule has 0 spiro atoms. The predicted molar refractivity (Wildman–Crippen MR) is 352 cm³/mol. The normalized spacial score (nSPS) is 12.2. The van der Waals surface area contributed by atoms with E-state index in [1.807, 2.05) is 12.1 Å². The summed E-state index contributed by atoms with van der Waals surface area (Å²) in [7, 11) is 0. The van der Waals surface area contributed by atoms with E-state index in [0.717, 1.165) is 52.7 Å². The SMILES string of the molecule is CCC(C)Oc1ccc(N(c2ccc(C(C)(C)C)cc2)c2ccc3c4c(-c5ccccc5)c5c6cccc7c(N(c8cc[c-]cc8)c8ccc(C(C)(C)C)cc8)ccc(c5c(-c5ccccc5)c4c4cccc2c43)c76)cc1.[CH2-]CCC.[O]=[Os]. The van der Waals surface area contributed by atoms with Crippen LogP contribution in [0.1, 0.15) is 92.7 Å². The third kappa shape index (κ3) is 10.4. The van der Waals surface area contributed by atoms with E-state index in [9.17, 15) is 0 Å². The van der Waals surface area contributed by atoms with Crippen LogP contribution in [0.15, 0.2) is 218 Å². The van der Waals surface area contributed by atoms with Gasteiger partial charge in [0, 0.05) is 27.8 Å². The van der Waals surface area contributed by atoms with Crippen molar-refractivity contribution in [3.8, 4) is 28.0 Å². The molecule has 0 radical (unpaired) electrons. The molecule has 0 aromatic heterocycles. The average Bonchev–Trinajstić information content (AvgIpc) is 1.66. The number of hydrogen-bond acceptors (Lipinski definition) is 4. The number of benzene rings is 11. The number of unbranched alkanes of at least 4 members (excludes halogenated alkanes) is 1. The van der Waals surface area contributed by atoms with Gasteiger partial charge in [-0.2, -0.15) is 24.6 Å². The van der Waals surface area contributed by atoms with Gasteiger partial charge in [0.1, 0.15) is 5.75 Å². The van der Waals surface area contributed by atoms with Crippen molar-refractivity contribution in [3.63, 3.8) is 0 Å². The van der Waals surface area contributed by atoms with Crippen molar-refractivity contribution < 1.29 is 26.8 Å². The molecule has 5 heteroatoms. The zero-order valence-corrected chi connectivity index (χ0v) is 51.8. The molecule has 0 aliphatic heterocycles. The Morgan fingerprint density at radius 2 is 0.783 bits per heavy atom. The average molecular weight is 1260 g/mol. The van der Waals surface area contributed by atoms with Crippen molar-refractivity contribution in [2.45, 2.75) is 98.5 Å².